The number of carbonyl (C=O) groups excluding carboxylic acids is 1. The number of benzene rings is 1. The second-order valence-corrected chi connectivity index (χ2v) is 8.32. The maximum absolute atomic E-state index is 13.3. The fourth-order valence-electron chi connectivity index (χ4n) is 4.84. The Morgan fingerprint density at radius 1 is 1.18 bits per heavy atom. The summed E-state index contributed by atoms with van der Waals surface area (Å²) in [4.78, 5) is 18.0. The summed E-state index contributed by atoms with van der Waals surface area (Å²) in [5.41, 5.74) is 2.90. The van der Waals surface area contributed by atoms with Crippen molar-refractivity contribution in [1.82, 2.24) is 15.0 Å². The van der Waals surface area contributed by atoms with Crippen LogP contribution >= 0.6 is 0 Å². The van der Waals surface area contributed by atoms with Gasteiger partial charge in [0.15, 0.2) is 0 Å². The number of rotatable bonds is 6. The van der Waals surface area contributed by atoms with Gasteiger partial charge in [0.05, 0.1) is 5.69 Å². The Kier molecular flexibility index (Phi) is 5.81. The molecule has 0 N–H and O–H groups in total. The van der Waals surface area contributed by atoms with Gasteiger partial charge in [-0.3, -0.25) is 4.79 Å². The topological polar surface area (TPSA) is 49.6 Å². The van der Waals surface area contributed by atoms with E-state index in [2.05, 4.69) is 45.3 Å². The number of amides is 1. The Morgan fingerprint density at radius 3 is 2.79 bits per heavy atom. The third kappa shape index (κ3) is 4.00. The van der Waals surface area contributed by atoms with Gasteiger partial charge in [0, 0.05) is 25.7 Å². The van der Waals surface area contributed by atoms with Crippen molar-refractivity contribution in [2.24, 2.45) is 5.92 Å². The van der Waals surface area contributed by atoms with E-state index in [-0.39, 0.29) is 5.91 Å². The van der Waals surface area contributed by atoms with Gasteiger partial charge in [-0.1, -0.05) is 42.4 Å². The molecule has 0 radical (unpaired) electrons. The summed E-state index contributed by atoms with van der Waals surface area (Å²) in [6.07, 6.45) is 5.35. The van der Waals surface area contributed by atoms with Crippen LogP contribution in [0.1, 0.15) is 53.6 Å². The first-order valence-electron chi connectivity index (χ1n) is 10.7. The van der Waals surface area contributed by atoms with Crippen LogP contribution in [0.4, 0.5) is 0 Å². The van der Waals surface area contributed by atoms with Gasteiger partial charge in [-0.25, -0.2) is 0 Å². The largest absolute Gasteiger partial charge is 0.361 e. The minimum Gasteiger partial charge on any atom is -0.361 e. The Labute approximate surface area is 167 Å². The van der Waals surface area contributed by atoms with E-state index in [0.717, 1.165) is 51.1 Å². The summed E-state index contributed by atoms with van der Waals surface area (Å²) in [5, 5.41) is 4.09. The molecule has 1 aromatic heterocycles. The molecule has 0 spiro atoms. The molecule has 0 saturated carbocycles. The molecule has 2 aromatic rings. The average Bonchev–Trinajstić information content (AvgIpc) is 2.88. The summed E-state index contributed by atoms with van der Waals surface area (Å²) in [6, 6.07) is 11.0. The van der Waals surface area contributed by atoms with Crippen molar-refractivity contribution in [3.63, 3.8) is 0 Å². The van der Waals surface area contributed by atoms with E-state index in [9.17, 15) is 4.79 Å². The second-order valence-electron chi connectivity index (χ2n) is 8.32. The van der Waals surface area contributed by atoms with E-state index in [4.69, 9.17) is 4.52 Å². The van der Waals surface area contributed by atoms with Crippen LogP contribution in [-0.4, -0.2) is 53.1 Å². The quantitative estimate of drug-likeness (QED) is 0.765. The lowest BCUT2D eigenvalue weighted by molar-refractivity contribution is 0.0582. The molecule has 2 bridgehead atoms. The Hall–Kier alpha value is -2.14. The molecule has 1 amide bonds. The molecule has 3 aliphatic rings. The minimum atomic E-state index is 0.122. The van der Waals surface area contributed by atoms with Crippen molar-refractivity contribution in [3.05, 3.63) is 52.9 Å². The lowest BCUT2D eigenvalue weighted by Crippen LogP contribution is -2.47. The third-order valence-electron chi connectivity index (χ3n) is 6.31. The monoisotopic (exact) mass is 381 g/mol. The van der Waals surface area contributed by atoms with Gasteiger partial charge in [-0.2, -0.15) is 0 Å². The Balaban J connectivity index is 1.40. The molecule has 5 rings (SSSR count). The van der Waals surface area contributed by atoms with Crippen LogP contribution in [0.5, 0.6) is 0 Å². The fraction of sp³-hybridized carbons (Fsp3) is 0.565. The normalized spacial score (nSPS) is 22.4. The molecule has 5 nitrogen and oxygen atoms in total. The van der Waals surface area contributed by atoms with Crippen molar-refractivity contribution < 1.29 is 9.32 Å². The van der Waals surface area contributed by atoms with E-state index in [1.165, 1.54) is 18.4 Å². The third-order valence-corrected chi connectivity index (χ3v) is 6.31. The number of carbonyl (C=O) groups is 1. The van der Waals surface area contributed by atoms with Gasteiger partial charge in [0.1, 0.15) is 11.3 Å². The molecule has 4 heterocycles. The zero-order valence-corrected chi connectivity index (χ0v) is 17.1. The zero-order chi connectivity index (χ0) is 19.5. The van der Waals surface area contributed by atoms with Crippen LogP contribution in [0.3, 0.4) is 0 Å². The highest BCUT2D eigenvalue weighted by molar-refractivity contribution is 5.96. The van der Waals surface area contributed by atoms with Gasteiger partial charge in [0.25, 0.3) is 5.91 Å². The number of piperidine rings is 1. The van der Waals surface area contributed by atoms with Crippen LogP contribution in [-0.2, 0) is 12.8 Å². The van der Waals surface area contributed by atoms with Crippen LogP contribution in [0.15, 0.2) is 34.9 Å². The fourth-order valence-corrected chi connectivity index (χ4v) is 4.84. The minimum absolute atomic E-state index is 0.122. The molecule has 3 aliphatic heterocycles. The molecular weight excluding hydrogens is 350 g/mol. The summed E-state index contributed by atoms with van der Waals surface area (Å²) in [6.45, 7) is 7.95. The summed E-state index contributed by atoms with van der Waals surface area (Å²) >= 11 is 0. The van der Waals surface area contributed by atoms with Gasteiger partial charge < -0.3 is 14.3 Å². The van der Waals surface area contributed by atoms with Gasteiger partial charge in [-0.05, 0) is 57.1 Å². The van der Waals surface area contributed by atoms with Crippen LogP contribution in [0, 0.1) is 12.8 Å². The number of hydrogen-bond acceptors (Lipinski definition) is 4. The van der Waals surface area contributed by atoms with Gasteiger partial charge in [-0.15, -0.1) is 0 Å². The number of aryl methyl sites for hydroxylation is 3. The number of aromatic nitrogens is 1. The average molecular weight is 382 g/mol. The van der Waals surface area contributed by atoms with Crippen molar-refractivity contribution in [2.45, 2.75) is 52.0 Å². The highest BCUT2D eigenvalue weighted by atomic mass is 16.5. The summed E-state index contributed by atoms with van der Waals surface area (Å²) in [5.74, 6) is 1.35. The summed E-state index contributed by atoms with van der Waals surface area (Å²) in [7, 11) is 0. The van der Waals surface area contributed by atoms with Gasteiger partial charge in [0.2, 0.25) is 0 Å². The highest BCUT2D eigenvalue weighted by Gasteiger charge is 2.38. The first-order chi connectivity index (χ1) is 13.7. The van der Waals surface area contributed by atoms with Crippen LogP contribution in [0.2, 0.25) is 0 Å². The zero-order valence-electron chi connectivity index (χ0n) is 17.1. The lowest BCUT2D eigenvalue weighted by Gasteiger charge is -2.36. The predicted octanol–water partition coefficient (Wildman–Crippen LogP) is 3.71. The number of fused-ring (bicyclic) bond motifs is 4. The standard InChI is InChI=1S/C23H31N3O2/c1-3-21-22(17(2)28-24-21)23(27)26-15-19-11-12-20(26)16-25(14-19)13-7-10-18-8-5-4-6-9-18/h4-6,8-9,19-20H,3,7,10-16H2,1-2H3/t19-,20+/m1/s1. The van der Waals surface area contributed by atoms with E-state index in [1.54, 1.807) is 0 Å². The molecular formula is C23H31N3O2. The van der Waals surface area contributed by atoms with Crippen molar-refractivity contribution >= 4 is 5.91 Å². The van der Waals surface area contributed by atoms with E-state index < -0.39 is 0 Å². The second kappa shape index (κ2) is 8.48. The Morgan fingerprint density at radius 2 is 2.00 bits per heavy atom. The Bertz CT molecular complexity index is 801. The molecule has 3 saturated heterocycles. The lowest BCUT2D eigenvalue weighted by atomic mass is 9.94. The van der Waals surface area contributed by atoms with Gasteiger partial charge >= 0.3 is 0 Å². The predicted molar refractivity (Wildman–Crippen MR) is 109 cm³/mol. The molecule has 28 heavy (non-hydrogen) atoms. The first kappa shape index (κ1) is 19.2. The van der Waals surface area contributed by atoms with Crippen LogP contribution in [0.25, 0.3) is 0 Å². The molecule has 5 heteroatoms. The van der Waals surface area contributed by atoms with Crippen molar-refractivity contribution in [2.75, 3.05) is 26.2 Å². The molecule has 1 aromatic carbocycles. The molecule has 150 valence electrons. The van der Waals surface area contributed by atoms with Crippen molar-refractivity contribution in [1.29, 1.82) is 0 Å². The molecule has 3 fully saturated rings. The number of hydrogen-bond donors (Lipinski definition) is 0. The van der Waals surface area contributed by atoms with E-state index in [1.807, 2.05) is 13.8 Å². The van der Waals surface area contributed by atoms with Crippen LogP contribution < -0.4 is 0 Å². The summed E-state index contributed by atoms with van der Waals surface area (Å²) < 4.78 is 5.32. The smallest absolute Gasteiger partial charge is 0.259 e. The molecule has 2 atom stereocenters. The van der Waals surface area contributed by atoms with E-state index in [0.29, 0.717) is 23.3 Å². The first-order valence-corrected chi connectivity index (χ1v) is 10.7. The maximum Gasteiger partial charge on any atom is 0.259 e. The highest BCUT2D eigenvalue weighted by Crippen LogP contribution is 2.30. The molecule has 0 unspecified atom stereocenters. The van der Waals surface area contributed by atoms with E-state index >= 15 is 0 Å². The number of nitrogens with zero attached hydrogens (tertiary/aromatic N) is 3. The molecule has 0 aliphatic carbocycles. The van der Waals surface area contributed by atoms with Crippen molar-refractivity contribution in [3.8, 4) is 0 Å². The SMILES string of the molecule is CCc1noc(C)c1C(=O)N1C[C@@H]2CC[C@H]1CN(CCCc1ccccc1)C2. The maximum atomic E-state index is 13.3.